The van der Waals surface area contributed by atoms with Crippen molar-refractivity contribution in [3.63, 3.8) is 0 Å². The number of hydrogen-bond acceptors (Lipinski definition) is 3. The Morgan fingerprint density at radius 1 is 1.30 bits per heavy atom. The van der Waals surface area contributed by atoms with Crippen LogP contribution in [0.15, 0.2) is 52.1 Å². The third kappa shape index (κ3) is 3.11. The largest absolute Gasteiger partial charge is 0.457 e. The van der Waals surface area contributed by atoms with Crippen molar-refractivity contribution in [3.05, 3.63) is 58.1 Å². The molecule has 0 aromatic heterocycles. The molecule has 2 aromatic rings. The quantitative estimate of drug-likeness (QED) is 0.385. The van der Waals surface area contributed by atoms with Gasteiger partial charge < -0.3 is 15.7 Å². The van der Waals surface area contributed by atoms with Gasteiger partial charge in [0.2, 0.25) is 0 Å². The first kappa shape index (κ1) is 14.4. The maximum absolute atomic E-state index is 8.87. The molecule has 0 bridgehead atoms. The zero-order chi connectivity index (χ0) is 14.5. The number of benzene rings is 2. The van der Waals surface area contributed by atoms with Gasteiger partial charge in [-0.1, -0.05) is 30.3 Å². The maximum atomic E-state index is 8.87. The van der Waals surface area contributed by atoms with Gasteiger partial charge in [-0.2, -0.15) is 0 Å². The van der Waals surface area contributed by atoms with E-state index in [1.54, 1.807) is 6.07 Å². The van der Waals surface area contributed by atoms with Crippen molar-refractivity contribution in [2.24, 2.45) is 10.9 Å². The van der Waals surface area contributed by atoms with Crippen LogP contribution in [0, 0.1) is 0 Å². The second-order valence-electron chi connectivity index (χ2n) is 4.20. The molecule has 2 rings (SSSR count). The Morgan fingerprint density at radius 3 is 2.75 bits per heavy atom. The van der Waals surface area contributed by atoms with Crippen LogP contribution in [-0.4, -0.2) is 11.0 Å². The molecule has 0 spiro atoms. The van der Waals surface area contributed by atoms with Crippen LogP contribution in [0.25, 0.3) is 0 Å². The van der Waals surface area contributed by atoms with Crippen LogP contribution in [-0.2, 0) is 6.42 Å². The van der Waals surface area contributed by atoms with Crippen LogP contribution in [0.4, 0.5) is 0 Å². The standard InChI is InChI=1S/C15H15BrN2O2/c1-2-10-5-3-6-11(9-10)20-13-8-4-7-12(16)14(13)15(17)18-19/h3-9,19H,2H2,1H3,(H2,17,18). The molecule has 3 N–H and O–H groups in total. The van der Waals surface area contributed by atoms with Gasteiger partial charge in [0.05, 0.1) is 5.56 Å². The highest BCUT2D eigenvalue weighted by Crippen LogP contribution is 2.30. The highest BCUT2D eigenvalue weighted by atomic mass is 79.9. The fourth-order valence-electron chi connectivity index (χ4n) is 1.84. The third-order valence-electron chi connectivity index (χ3n) is 2.87. The minimum atomic E-state index is -0.000814. The highest BCUT2D eigenvalue weighted by molar-refractivity contribution is 9.10. The van der Waals surface area contributed by atoms with Crippen molar-refractivity contribution >= 4 is 21.8 Å². The zero-order valence-electron chi connectivity index (χ0n) is 11.0. The van der Waals surface area contributed by atoms with Gasteiger partial charge in [0.1, 0.15) is 11.5 Å². The van der Waals surface area contributed by atoms with Crippen molar-refractivity contribution < 1.29 is 9.94 Å². The Balaban J connectivity index is 2.40. The van der Waals surface area contributed by atoms with Crippen LogP contribution in [0.2, 0.25) is 0 Å². The summed E-state index contributed by atoms with van der Waals surface area (Å²) in [5.74, 6) is 1.25. The van der Waals surface area contributed by atoms with E-state index in [0.717, 1.165) is 12.2 Å². The molecule has 0 heterocycles. The summed E-state index contributed by atoms with van der Waals surface area (Å²) < 4.78 is 6.56. The predicted molar refractivity (Wildman–Crippen MR) is 82.5 cm³/mol. The average Bonchev–Trinajstić information content (AvgIpc) is 2.47. The number of rotatable bonds is 4. The van der Waals surface area contributed by atoms with Crippen LogP contribution < -0.4 is 10.5 Å². The van der Waals surface area contributed by atoms with Crippen LogP contribution >= 0.6 is 15.9 Å². The van der Waals surface area contributed by atoms with Gasteiger partial charge in [-0.05, 0) is 52.2 Å². The summed E-state index contributed by atoms with van der Waals surface area (Å²) in [6.45, 7) is 2.08. The first-order valence-corrected chi connectivity index (χ1v) is 6.98. The smallest absolute Gasteiger partial charge is 0.175 e. The summed E-state index contributed by atoms with van der Waals surface area (Å²) in [7, 11) is 0. The van der Waals surface area contributed by atoms with Gasteiger partial charge in [-0.3, -0.25) is 0 Å². The highest BCUT2D eigenvalue weighted by Gasteiger charge is 2.13. The summed E-state index contributed by atoms with van der Waals surface area (Å²) in [4.78, 5) is 0. The fourth-order valence-corrected chi connectivity index (χ4v) is 2.39. The molecule has 0 amide bonds. The molecular formula is C15H15BrN2O2. The number of hydrogen-bond donors (Lipinski definition) is 2. The van der Waals surface area contributed by atoms with Crippen molar-refractivity contribution in [1.29, 1.82) is 0 Å². The van der Waals surface area contributed by atoms with E-state index >= 15 is 0 Å². The summed E-state index contributed by atoms with van der Waals surface area (Å²) in [5.41, 5.74) is 7.40. The van der Waals surface area contributed by atoms with E-state index in [4.69, 9.17) is 15.7 Å². The number of halogens is 1. The van der Waals surface area contributed by atoms with Gasteiger partial charge in [0.25, 0.3) is 0 Å². The lowest BCUT2D eigenvalue weighted by Gasteiger charge is -2.12. The lowest BCUT2D eigenvalue weighted by atomic mass is 10.1. The Labute approximate surface area is 126 Å². The van der Waals surface area contributed by atoms with Gasteiger partial charge in [0.15, 0.2) is 5.84 Å². The molecular weight excluding hydrogens is 320 g/mol. The van der Waals surface area contributed by atoms with E-state index in [0.29, 0.717) is 15.8 Å². The number of nitrogens with two attached hydrogens (primary N) is 1. The fraction of sp³-hybridized carbons (Fsp3) is 0.133. The summed E-state index contributed by atoms with van der Waals surface area (Å²) in [6, 6.07) is 13.2. The molecule has 0 aliphatic carbocycles. The lowest BCUT2D eigenvalue weighted by molar-refractivity contribution is 0.318. The first-order chi connectivity index (χ1) is 9.65. The van der Waals surface area contributed by atoms with E-state index in [1.165, 1.54) is 5.56 Å². The van der Waals surface area contributed by atoms with Gasteiger partial charge in [-0.15, -0.1) is 0 Å². The van der Waals surface area contributed by atoms with E-state index in [9.17, 15) is 0 Å². The number of oxime groups is 1. The Hall–Kier alpha value is -2.01. The van der Waals surface area contributed by atoms with Crippen molar-refractivity contribution in [2.45, 2.75) is 13.3 Å². The second kappa shape index (κ2) is 6.43. The molecule has 0 fully saturated rings. The second-order valence-corrected chi connectivity index (χ2v) is 5.06. The third-order valence-corrected chi connectivity index (χ3v) is 3.53. The summed E-state index contributed by atoms with van der Waals surface area (Å²) in [5, 5.41) is 11.9. The monoisotopic (exact) mass is 334 g/mol. The molecule has 0 saturated carbocycles. The van der Waals surface area contributed by atoms with E-state index < -0.39 is 0 Å². The van der Waals surface area contributed by atoms with E-state index in [-0.39, 0.29) is 5.84 Å². The number of ether oxygens (including phenoxy) is 1. The average molecular weight is 335 g/mol. The Bertz CT molecular complexity index is 642. The molecule has 5 heteroatoms. The number of amidine groups is 1. The minimum absolute atomic E-state index is 0.000814. The first-order valence-electron chi connectivity index (χ1n) is 6.19. The minimum Gasteiger partial charge on any atom is -0.457 e. The molecule has 104 valence electrons. The normalized spacial score (nSPS) is 11.4. The predicted octanol–water partition coefficient (Wildman–Crippen LogP) is 3.90. The zero-order valence-corrected chi connectivity index (χ0v) is 12.6. The molecule has 20 heavy (non-hydrogen) atoms. The van der Waals surface area contributed by atoms with Crippen LogP contribution in [0.3, 0.4) is 0 Å². The Morgan fingerprint density at radius 2 is 2.05 bits per heavy atom. The summed E-state index contributed by atoms with van der Waals surface area (Å²) in [6.07, 6.45) is 0.933. The Kier molecular flexibility index (Phi) is 4.63. The number of nitrogens with zero attached hydrogens (tertiary/aromatic N) is 1. The maximum Gasteiger partial charge on any atom is 0.175 e. The van der Waals surface area contributed by atoms with Gasteiger partial charge in [0, 0.05) is 4.47 Å². The van der Waals surface area contributed by atoms with E-state index in [1.807, 2.05) is 36.4 Å². The molecule has 4 nitrogen and oxygen atoms in total. The molecule has 2 aromatic carbocycles. The molecule has 0 aliphatic heterocycles. The van der Waals surface area contributed by atoms with Crippen LogP contribution in [0.1, 0.15) is 18.1 Å². The number of aryl methyl sites for hydroxylation is 1. The molecule has 0 unspecified atom stereocenters. The molecule has 0 radical (unpaired) electrons. The van der Waals surface area contributed by atoms with Crippen molar-refractivity contribution in [2.75, 3.05) is 0 Å². The van der Waals surface area contributed by atoms with Crippen molar-refractivity contribution in [1.82, 2.24) is 0 Å². The topological polar surface area (TPSA) is 67.8 Å². The van der Waals surface area contributed by atoms with Crippen molar-refractivity contribution in [3.8, 4) is 11.5 Å². The lowest BCUT2D eigenvalue weighted by Crippen LogP contribution is -2.15. The molecule has 0 aliphatic rings. The van der Waals surface area contributed by atoms with Gasteiger partial charge in [-0.25, -0.2) is 0 Å². The molecule has 0 saturated heterocycles. The summed E-state index contributed by atoms with van der Waals surface area (Å²) >= 11 is 3.38. The SMILES string of the molecule is CCc1cccc(Oc2cccc(Br)c2/C(N)=N/O)c1. The van der Waals surface area contributed by atoms with E-state index in [2.05, 4.69) is 28.0 Å². The van der Waals surface area contributed by atoms with Crippen LogP contribution in [0.5, 0.6) is 11.5 Å². The molecule has 0 atom stereocenters. The van der Waals surface area contributed by atoms with Gasteiger partial charge >= 0.3 is 0 Å².